The van der Waals surface area contributed by atoms with Crippen LogP contribution in [0, 0.1) is 6.92 Å². The molecule has 182 valence electrons. The highest BCUT2D eigenvalue weighted by Gasteiger charge is 2.22. The fourth-order valence-electron chi connectivity index (χ4n) is 3.89. The number of amides is 2. The molecular weight excluding hydrogens is 444 g/mol. The van der Waals surface area contributed by atoms with Gasteiger partial charge in [-0.05, 0) is 54.8 Å². The van der Waals surface area contributed by atoms with Gasteiger partial charge >= 0.3 is 0 Å². The van der Waals surface area contributed by atoms with E-state index in [1.54, 1.807) is 15.9 Å². The Bertz CT molecular complexity index is 1190. The molecule has 7 heteroatoms. The first-order chi connectivity index (χ1) is 17.0. The largest absolute Gasteiger partial charge is 0.464 e. The first-order valence-electron chi connectivity index (χ1n) is 11.8. The highest BCUT2D eigenvalue weighted by molar-refractivity contribution is 5.94. The molecule has 1 aliphatic rings. The average molecular weight is 475 g/mol. The summed E-state index contributed by atoms with van der Waals surface area (Å²) in [7, 11) is 0. The third kappa shape index (κ3) is 6.53. The van der Waals surface area contributed by atoms with Gasteiger partial charge in [-0.25, -0.2) is 0 Å². The van der Waals surface area contributed by atoms with Crippen LogP contribution in [0.3, 0.4) is 0 Å². The average Bonchev–Trinajstić information content (AvgIpc) is 3.50. The Morgan fingerprint density at radius 1 is 0.943 bits per heavy atom. The monoisotopic (exact) mass is 474 g/mol. The molecule has 0 bridgehead atoms. The van der Waals surface area contributed by atoms with E-state index in [0.717, 1.165) is 23.3 Å². The van der Waals surface area contributed by atoms with Gasteiger partial charge in [0.1, 0.15) is 18.1 Å². The Morgan fingerprint density at radius 3 is 2.49 bits per heavy atom. The van der Waals surface area contributed by atoms with Gasteiger partial charge in [-0.1, -0.05) is 43.3 Å². The summed E-state index contributed by atoms with van der Waals surface area (Å²) in [6.45, 7) is 5.17. The number of furan rings is 1. The molecule has 0 aliphatic carbocycles. The number of carbonyl (C=O) groups excluding carboxylic acids is 2. The standard InChI is InChI=1S/C28H30N2O5/c1-3-15-29(27(31)14-11-22-7-5-4-6-8-22)19-28(32)30(18-24-12-9-21(2)35-24)17-23-10-13-25-26(16-23)34-20-33-25/h4-14,16H,3,15,17-20H2,1-2H3. The zero-order chi connectivity index (χ0) is 24.6. The van der Waals surface area contributed by atoms with E-state index < -0.39 is 0 Å². The van der Waals surface area contributed by atoms with E-state index in [0.29, 0.717) is 36.9 Å². The van der Waals surface area contributed by atoms with Gasteiger partial charge in [0.2, 0.25) is 18.6 Å². The van der Waals surface area contributed by atoms with Gasteiger partial charge in [-0.15, -0.1) is 0 Å². The third-order valence-corrected chi connectivity index (χ3v) is 5.66. The Hall–Kier alpha value is -4.00. The van der Waals surface area contributed by atoms with Crippen LogP contribution in [0.5, 0.6) is 11.5 Å². The van der Waals surface area contributed by atoms with Gasteiger partial charge in [0, 0.05) is 19.2 Å². The van der Waals surface area contributed by atoms with Gasteiger partial charge in [0.05, 0.1) is 6.54 Å². The fourth-order valence-corrected chi connectivity index (χ4v) is 3.89. The summed E-state index contributed by atoms with van der Waals surface area (Å²) >= 11 is 0. The van der Waals surface area contributed by atoms with Crippen molar-refractivity contribution in [3.63, 3.8) is 0 Å². The van der Waals surface area contributed by atoms with Crippen LogP contribution >= 0.6 is 0 Å². The Kier molecular flexibility index (Phi) is 7.88. The molecule has 3 aromatic rings. The van der Waals surface area contributed by atoms with Gasteiger partial charge in [0.15, 0.2) is 11.5 Å². The van der Waals surface area contributed by atoms with Crippen LogP contribution in [-0.4, -0.2) is 41.5 Å². The van der Waals surface area contributed by atoms with Crippen LogP contribution in [0.4, 0.5) is 0 Å². The summed E-state index contributed by atoms with van der Waals surface area (Å²) in [5, 5.41) is 0. The minimum absolute atomic E-state index is 0.0178. The van der Waals surface area contributed by atoms with Crippen molar-refractivity contribution in [3.05, 3.63) is 89.4 Å². The number of nitrogens with zero attached hydrogens (tertiary/aromatic N) is 2. The summed E-state index contributed by atoms with van der Waals surface area (Å²) in [5.41, 5.74) is 1.84. The lowest BCUT2D eigenvalue weighted by molar-refractivity contribution is -0.139. The SMILES string of the molecule is CCCN(CC(=O)N(Cc1ccc2c(c1)OCO2)Cc1ccc(C)o1)C(=O)C=Cc1ccccc1. The van der Waals surface area contributed by atoms with Crippen molar-refractivity contribution in [2.24, 2.45) is 0 Å². The second-order valence-electron chi connectivity index (χ2n) is 8.45. The summed E-state index contributed by atoms with van der Waals surface area (Å²) < 4.78 is 16.6. The van der Waals surface area contributed by atoms with Crippen molar-refractivity contribution in [1.29, 1.82) is 0 Å². The molecule has 4 rings (SSSR count). The zero-order valence-electron chi connectivity index (χ0n) is 20.1. The van der Waals surface area contributed by atoms with Gasteiger partial charge in [-0.2, -0.15) is 0 Å². The minimum atomic E-state index is -0.194. The first-order valence-corrected chi connectivity index (χ1v) is 11.8. The lowest BCUT2D eigenvalue weighted by Crippen LogP contribution is -2.42. The van der Waals surface area contributed by atoms with E-state index in [4.69, 9.17) is 13.9 Å². The molecule has 0 spiro atoms. The normalized spacial score (nSPS) is 12.2. The zero-order valence-corrected chi connectivity index (χ0v) is 20.1. The first kappa shape index (κ1) is 24.1. The van der Waals surface area contributed by atoms with Crippen molar-refractivity contribution < 1.29 is 23.5 Å². The number of hydrogen-bond acceptors (Lipinski definition) is 5. The molecule has 1 aromatic heterocycles. The molecule has 2 amide bonds. The van der Waals surface area contributed by atoms with Crippen LogP contribution < -0.4 is 9.47 Å². The van der Waals surface area contributed by atoms with Crippen molar-refractivity contribution in [2.45, 2.75) is 33.4 Å². The smallest absolute Gasteiger partial charge is 0.247 e. The van der Waals surface area contributed by atoms with Crippen molar-refractivity contribution in [2.75, 3.05) is 19.9 Å². The van der Waals surface area contributed by atoms with E-state index >= 15 is 0 Å². The number of hydrogen-bond donors (Lipinski definition) is 0. The summed E-state index contributed by atoms with van der Waals surface area (Å²) in [5.74, 6) is 2.47. The molecule has 0 atom stereocenters. The molecule has 0 unspecified atom stereocenters. The topological polar surface area (TPSA) is 72.2 Å². The maximum Gasteiger partial charge on any atom is 0.247 e. The molecule has 0 radical (unpaired) electrons. The van der Waals surface area contributed by atoms with Crippen LogP contribution in [-0.2, 0) is 22.7 Å². The van der Waals surface area contributed by atoms with Crippen LogP contribution in [0.1, 0.15) is 36.0 Å². The van der Waals surface area contributed by atoms with Crippen molar-refractivity contribution >= 4 is 17.9 Å². The van der Waals surface area contributed by atoms with E-state index in [9.17, 15) is 9.59 Å². The maximum atomic E-state index is 13.5. The molecule has 0 saturated heterocycles. The summed E-state index contributed by atoms with van der Waals surface area (Å²) in [6.07, 6.45) is 4.04. The van der Waals surface area contributed by atoms with Gasteiger partial charge < -0.3 is 23.7 Å². The predicted molar refractivity (Wildman–Crippen MR) is 133 cm³/mol. The molecule has 0 N–H and O–H groups in total. The number of ether oxygens (including phenoxy) is 2. The summed E-state index contributed by atoms with van der Waals surface area (Å²) in [6, 6.07) is 19.0. The molecular formula is C28H30N2O5. The molecule has 0 fully saturated rings. The Labute approximate surface area is 205 Å². The van der Waals surface area contributed by atoms with E-state index in [1.165, 1.54) is 6.08 Å². The molecule has 2 heterocycles. The minimum Gasteiger partial charge on any atom is -0.464 e. The van der Waals surface area contributed by atoms with Crippen molar-refractivity contribution in [3.8, 4) is 11.5 Å². The molecule has 35 heavy (non-hydrogen) atoms. The second-order valence-corrected chi connectivity index (χ2v) is 8.45. The summed E-state index contributed by atoms with van der Waals surface area (Å²) in [4.78, 5) is 29.7. The second kappa shape index (κ2) is 11.4. The molecule has 2 aromatic carbocycles. The van der Waals surface area contributed by atoms with Crippen LogP contribution in [0.2, 0.25) is 0 Å². The molecule has 7 nitrogen and oxygen atoms in total. The number of carbonyl (C=O) groups is 2. The number of benzene rings is 2. The number of rotatable bonds is 10. The number of fused-ring (bicyclic) bond motifs is 1. The van der Waals surface area contributed by atoms with E-state index in [1.807, 2.05) is 74.5 Å². The van der Waals surface area contributed by atoms with Gasteiger partial charge in [-0.3, -0.25) is 9.59 Å². The third-order valence-electron chi connectivity index (χ3n) is 5.66. The van der Waals surface area contributed by atoms with Crippen LogP contribution in [0.15, 0.2) is 71.2 Å². The molecule has 0 saturated carbocycles. The number of aryl methyl sites for hydroxylation is 1. The van der Waals surface area contributed by atoms with Crippen LogP contribution in [0.25, 0.3) is 6.08 Å². The highest BCUT2D eigenvalue weighted by atomic mass is 16.7. The Morgan fingerprint density at radius 2 is 1.74 bits per heavy atom. The lowest BCUT2D eigenvalue weighted by Gasteiger charge is -2.26. The maximum absolute atomic E-state index is 13.5. The van der Waals surface area contributed by atoms with Gasteiger partial charge in [0.25, 0.3) is 0 Å². The van der Waals surface area contributed by atoms with E-state index in [-0.39, 0.29) is 25.2 Å². The highest BCUT2D eigenvalue weighted by Crippen LogP contribution is 2.33. The lowest BCUT2D eigenvalue weighted by atomic mass is 10.1. The quantitative estimate of drug-likeness (QED) is 0.395. The van der Waals surface area contributed by atoms with E-state index in [2.05, 4.69) is 0 Å². The fraction of sp³-hybridized carbons (Fsp3) is 0.286. The molecule has 1 aliphatic heterocycles. The predicted octanol–water partition coefficient (Wildman–Crippen LogP) is 4.80. The van der Waals surface area contributed by atoms with Crippen molar-refractivity contribution in [1.82, 2.24) is 9.80 Å². The Balaban J connectivity index is 1.49.